The van der Waals surface area contributed by atoms with E-state index in [4.69, 9.17) is 0 Å². The van der Waals surface area contributed by atoms with Crippen LogP contribution in [0.25, 0.3) is 0 Å². The number of aryl methyl sites for hydroxylation is 1. The molecule has 0 bridgehead atoms. The van der Waals surface area contributed by atoms with Crippen molar-refractivity contribution in [1.82, 2.24) is 4.57 Å². The number of aromatic nitrogens is 1. The minimum Gasteiger partial charge on any atom is -0.345 e. The van der Waals surface area contributed by atoms with Gasteiger partial charge in [0.05, 0.1) is 16.3 Å². The largest absolute Gasteiger partial charge is 0.345 e. The first-order valence-corrected chi connectivity index (χ1v) is 9.33. The average molecular weight is 370 g/mol. The normalized spacial score (nSPS) is 11.8. The van der Waals surface area contributed by atoms with Gasteiger partial charge in [-0.3, -0.25) is 4.79 Å². The van der Waals surface area contributed by atoms with E-state index in [0.717, 1.165) is 12.1 Å². The first kappa shape index (κ1) is 19.1. The highest BCUT2D eigenvalue weighted by atomic mass is 32.2. The van der Waals surface area contributed by atoms with Crippen LogP contribution in [-0.2, 0) is 16.9 Å². The second kappa shape index (κ2) is 6.95. The second-order valence-corrected chi connectivity index (χ2v) is 8.37. The van der Waals surface area contributed by atoms with Crippen LogP contribution < -0.4 is 5.32 Å². The van der Waals surface area contributed by atoms with Crippen molar-refractivity contribution in [3.05, 3.63) is 47.3 Å². The molecule has 0 radical (unpaired) electrons. The molecule has 1 amide bonds. The molecule has 0 saturated carbocycles. The van der Waals surface area contributed by atoms with Crippen molar-refractivity contribution in [3.63, 3.8) is 0 Å². The molecular formula is C17H20F2N2O3S. The van der Waals surface area contributed by atoms with Crippen LogP contribution in [0.1, 0.15) is 29.9 Å². The summed E-state index contributed by atoms with van der Waals surface area (Å²) in [7, 11) is -1.99. The number of nitrogens with zero attached hydrogens (tertiary/aromatic N) is 1. The van der Waals surface area contributed by atoms with Gasteiger partial charge in [0, 0.05) is 18.8 Å². The van der Waals surface area contributed by atoms with E-state index in [-0.39, 0.29) is 33.5 Å². The van der Waals surface area contributed by atoms with E-state index < -0.39 is 27.4 Å². The summed E-state index contributed by atoms with van der Waals surface area (Å²) in [5.74, 6) is -2.35. The Balaban J connectivity index is 2.31. The predicted octanol–water partition coefficient (Wildman–Crippen LogP) is 3.29. The maximum Gasteiger partial charge on any atom is 0.272 e. The first-order chi connectivity index (χ1) is 11.5. The van der Waals surface area contributed by atoms with Crippen LogP contribution in [0.2, 0.25) is 0 Å². The zero-order valence-corrected chi connectivity index (χ0v) is 15.2. The lowest BCUT2D eigenvalue weighted by molar-refractivity contribution is 0.101. The van der Waals surface area contributed by atoms with E-state index in [1.807, 2.05) is 0 Å². The molecule has 2 aromatic rings. The van der Waals surface area contributed by atoms with E-state index >= 15 is 0 Å². The smallest absolute Gasteiger partial charge is 0.272 e. The maximum atomic E-state index is 14.0. The highest BCUT2D eigenvalue weighted by molar-refractivity contribution is 7.91. The van der Waals surface area contributed by atoms with E-state index in [9.17, 15) is 22.0 Å². The molecule has 1 aromatic carbocycles. The maximum absolute atomic E-state index is 14.0. The minimum absolute atomic E-state index is 0.0320. The van der Waals surface area contributed by atoms with Crippen LogP contribution in [0.5, 0.6) is 0 Å². The summed E-state index contributed by atoms with van der Waals surface area (Å²) >= 11 is 0. The van der Waals surface area contributed by atoms with E-state index in [1.165, 1.54) is 30.8 Å². The van der Waals surface area contributed by atoms with Gasteiger partial charge in [-0.2, -0.15) is 0 Å². The lowest BCUT2D eigenvalue weighted by Gasteiger charge is -2.09. The van der Waals surface area contributed by atoms with Gasteiger partial charge in [-0.1, -0.05) is 13.8 Å². The number of hydrogen-bond donors (Lipinski definition) is 1. The predicted molar refractivity (Wildman–Crippen MR) is 91.4 cm³/mol. The highest BCUT2D eigenvalue weighted by Gasteiger charge is 2.22. The summed E-state index contributed by atoms with van der Waals surface area (Å²) in [6.45, 7) is 4.83. The Morgan fingerprint density at radius 2 is 1.92 bits per heavy atom. The summed E-state index contributed by atoms with van der Waals surface area (Å²) in [4.78, 5) is 12.4. The number of carbonyl (C=O) groups excluding carboxylic acids is 1. The SMILES string of the molecule is Cc1c(F)ccc(NC(=O)c2cc(S(=O)(=O)CC(C)C)cn2C)c1F. The molecule has 8 heteroatoms. The standard InChI is InChI=1S/C17H20F2N2O3S/c1-10(2)9-25(23,24)12-7-15(21(4)8-12)17(22)20-14-6-5-13(18)11(3)16(14)19/h5-8,10H,9H2,1-4H3,(H,20,22). The van der Waals surface area contributed by atoms with Crippen molar-refractivity contribution >= 4 is 21.4 Å². The topological polar surface area (TPSA) is 68.2 Å². The third-order valence-corrected chi connectivity index (χ3v) is 5.74. The molecular weight excluding hydrogens is 350 g/mol. The molecule has 0 atom stereocenters. The van der Waals surface area contributed by atoms with Gasteiger partial charge in [0.25, 0.3) is 5.91 Å². The van der Waals surface area contributed by atoms with Gasteiger partial charge in [-0.25, -0.2) is 17.2 Å². The number of amides is 1. The number of anilines is 1. The Labute approximate surface area is 145 Å². The van der Waals surface area contributed by atoms with Crippen LogP contribution in [0.3, 0.4) is 0 Å². The van der Waals surface area contributed by atoms with E-state index in [0.29, 0.717) is 0 Å². The second-order valence-electron chi connectivity index (χ2n) is 6.34. The fraction of sp³-hybridized carbons (Fsp3) is 0.353. The van der Waals surface area contributed by atoms with E-state index in [2.05, 4.69) is 5.32 Å². The molecule has 0 saturated heterocycles. The van der Waals surface area contributed by atoms with Crippen molar-refractivity contribution in [2.24, 2.45) is 13.0 Å². The highest BCUT2D eigenvalue weighted by Crippen LogP contribution is 2.22. The molecule has 1 heterocycles. The quantitative estimate of drug-likeness (QED) is 0.878. The van der Waals surface area contributed by atoms with Crippen molar-refractivity contribution in [2.75, 3.05) is 11.1 Å². The molecule has 0 unspecified atom stereocenters. The molecule has 0 aliphatic heterocycles. The third-order valence-electron chi connectivity index (χ3n) is 3.69. The van der Waals surface area contributed by atoms with Gasteiger partial charge in [-0.05, 0) is 31.0 Å². The molecule has 5 nitrogen and oxygen atoms in total. The molecule has 25 heavy (non-hydrogen) atoms. The number of sulfone groups is 1. The lowest BCUT2D eigenvalue weighted by atomic mass is 10.2. The van der Waals surface area contributed by atoms with Gasteiger partial charge >= 0.3 is 0 Å². The van der Waals surface area contributed by atoms with Crippen molar-refractivity contribution in [2.45, 2.75) is 25.7 Å². The molecule has 0 spiro atoms. The number of carbonyl (C=O) groups is 1. The monoisotopic (exact) mass is 370 g/mol. The molecule has 0 aliphatic rings. The van der Waals surface area contributed by atoms with Crippen molar-refractivity contribution in [1.29, 1.82) is 0 Å². The zero-order chi connectivity index (χ0) is 18.9. The number of halogens is 2. The minimum atomic E-state index is -3.51. The van der Waals surface area contributed by atoms with Gasteiger partial charge in [0.2, 0.25) is 0 Å². The third kappa shape index (κ3) is 4.07. The Morgan fingerprint density at radius 1 is 1.28 bits per heavy atom. The number of hydrogen-bond acceptors (Lipinski definition) is 3. The fourth-order valence-corrected chi connectivity index (χ4v) is 4.09. The van der Waals surface area contributed by atoms with Gasteiger partial charge in [-0.15, -0.1) is 0 Å². The number of benzene rings is 1. The summed E-state index contributed by atoms with van der Waals surface area (Å²) in [6, 6.07) is 3.42. The van der Waals surface area contributed by atoms with Gasteiger partial charge in [0.15, 0.2) is 15.7 Å². The van der Waals surface area contributed by atoms with Gasteiger partial charge < -0.3 is 9.88 Å². The summed E-state index contributed by atoms with van der Waals surface area (Å²) in [5.41, 5.74) is -0.315. The van der Waals surface area contributed by atoms with Crippen LogP contribution >= 0.6 is 0 Å². The Hall–Kier alpha value is -2.22. The number of rotatable bonds is 5. The molecule has 2 rings (SSSR count). The first-order valence-electron chi connectivity index (χ1n) is 7.68. The van der Waals surface area contributed by atoms with Gasteiger partial charge in [0.1, 0.15) is 11.5 Å². The fourth-order valence-electron chi connectivity index (χ4n) is 2.41. The average Bonchev–Trinajstić information content (AvgIpc) is 2.89. The van der Waals surface area contributed by atoms with Crippen molar-refractivity contribution < 1.29 is 22.0 Å². The molecule has 0 aliphatic carbocycles. The zero-order valence-electron chi connectivity index (χ0n) is 14.4. The Morgan fingerprint density at radius 3 is 2.52 bits per heavy atom. The number of nitrogens with one attached hydrogen (secondary N) is 1. The van der Waals surface area contributed by atoms with Crippen LogP contribution in [0.4, 0.5) is 14.5 Å². The molecule has 1 aromatic heterocycles. The van der Waals surface area contributed by atoms with Crippen LogP contribution in [0, 0.1) is 24.5 Å². The lowest BCUT2D eigenvalue weighted by Crippen LogP contribution is -2.16. The van der Waals surface area contributed by atoms with Crippen LogP contribution in [-0.4, -0.2) is 24.6 Å². The molecule has 1 N–H and O–H groups in total. The summed E-state index contributed by atoms with van der Waals surface area (Å²) in [5, 5.41) is 2.34. The van der Waals surface area contributed by atoms with Crippen LogP contribution in [0.15, 0.2) is 29.3 Å². The Kier molecular flexibility index (Phi) is 5.31. The van der Waals surface area contributed by atoms with Crippen molar-refractivity contribution in [3.8, 4) is 0 Å². The molecule has 0 fully saturated rings. The summed E-state index contributed by atoms with van der Waals surface area (Å²) in [6.07, 6.45) is 1.35. The van der Waals surface area contributed by atoms with E-state index in [1.54, 1.807) is 13.8 Å². The summed E-state index contributed by atoms with van der Waals surface area (Å²) < 4.78 is 53.2. The molecule has 136 valence electrons. The Bertz CT molecular complexity index is 918.